The third kappa shape index (κ3) is 9.87. The molecule has 10 N–H and O–H groups in total. The summed E-state index contributed by atoms with van der Waals surface area (Å²) in [6, 6.07) is 0. The summed E-state index contributed by atoms with van der Waals surface area (Å²) in [7, 11) is 0. The lowest BCUT2D eigenvalue weighted by Crippen LogP contribution is -2.66. The maximum absolute atomic E-state index is 12.6. The number of rotatable bonds is 10. The van der Waals surface area contributed by atoms with Crippen molar-refractivity contribution in [3.8, 4) is 0 Å². The van der Waals surface area contributed by atoms with Gasteiger partial charge in [0, 0.05) is 31.6 Å². The van der Waals surface area contributed by atoms with Crippen molar-refractivity contribution in [3.63, 3.8) is 0 Å². The molecule has 0 aromatic carbocycles. The molecular weight excluding hydrogens is 1020 g/mol. The van der Waals surface area contributed by atoms with Gasteiger partial charge in [-0.2, -0.15) is 0 Å². The summed E-state index contributed by atoms with van der Waals surface area (Å²) in [6.45, 7) is 15.0. The SMILES string of the molecule is C=C1COC2(OC3CC4C5CC=C6CC(O)CC(OC7OCC(O)C(OC8OCC(O)C(O)C8O)C7OC7OC(C)C(O)C(OC(C)=O)C7OC(C)=O)C6(C)C5CCC4(C)C3C2C)C(O)C1OC1OC(C)C(O)C(O)C1O. The molecule has 6 heterocycles. The molecule has 31 atom stereocenters. The molecule has 0 aromatic rings. The van der Waals surface area contributed by atoms with Gasteiger partial charge < -0.3 is 108 Å². The molecule has 24 heteroatoms. The molecule has 0 radical (unpaired) electrons. The van der Waals surface area contributed by atoms with Crippen LogP contribution in [0.4, 0.5) is 0 Å². The van der Waals surface area contributed by atoms with Crippen LogP contribution in [0.25, 0.3) is 0 Å². The minimum Gasteiger partial charge on any atom is -0.455 e. The lowest BCUT2D eigenvalue weighted by Gasteiger charge is -2.60. The zero-order chi connectivity index (χ0) is 55.5. The third-order valence-corrected chi connectivity index (χ3v) is 19.5. The van der Waals surface area contributed by atoms with Gasteiger partial charge in [0.2, 0.25) is 5.79 Å². The Hall–Kier alpha value is -2.38. The van der Waals surface area contributed by atoms with E-state index >= 15 is 0 Å². The van der Waals surface area contributed by atoms with Gasteiger partial charge in [0.25, 0.3) is 0 Å². The number of hydrogen-bond acceptors (Lipinski definition) is 24. The van der Waals surface area contributed by atoms with Crippen LogP contribution in [0.5, 0.6) is 0 Å². The topological polar surface area (TPSA) is 347 Å². The van der Waals surface area contributed by atoms with Gasteiger partial charge in [0.1, 0.15) is 73.2 Å². The van der Waals surface area contributed by atoms with E-state index in [4.69, 9.17) is 56.8 Å². The zero-order valence-corrected chi connectivity index (χ0v) is 44.5. The third-order valence-electron chi connectivity index (χ3n) is 19.5. The van der Waals surface area contributed by atoms with E-state index in [1.807, 2.05) is 6.92 Å². The van der Waals surface area contributed by atoms with Crippen molar-refractivity contribution in [2.24, 2.45) is 40.4 Å². The number of aliphatic hydroxyl groups excluding tert-OH is 10. The number of hydrogen-bond donors (Lipinski definition) is 10. The molecule has 0 bridgehead atoms. The summed E-state index contributed by atoms with van der Waals surface area (Å²) in [5.74, 6) is -3.35. The predicted octanol–water partition coefficient (Wildman–Crippen LogP) is -1.68. The molecule has 10 rings (SSSR count). The Morgan fingerprint density at radius 3 is 2.03 bits per heavy atom. The van der Waals surface area contributed by atoms with Crippen molar-refractivity contribution in [2.75, 3.05) is 19.8 Å². The number of carbonyl (C=O) groups excluding carboxylic acids is 2. The molecule has 1 spiro atoms. The summed E-state index contributed by atoms with van der Waals surface area (Å²) in [5.41, 5.74) is 0.369. The quantitative estimate of drug-likeness (QED) is 0.0863. The molecule has 6 aliphatic heterocycles. The molecule has 0 amide bonds. The van der Waals surface area contributed by atoms with Crippen LogP contribution in [-0.4, -0.2) is 230 Å². The first kappa shape index (κ1) is 57.8. The first-order valence-corrected chi connectivity index (χ1v) is 27.3. The monoisotopic (exact) mass is 1100 g/mol. The van der Waals surface area contributed by atoms with Gasteiger partial charge in [0.05, 0.1) is 50.3 Å². The standard InChI is InChI=1S/C53H80O24/c1-19-16-68-53(46(65)41(19)74-48-40(64)38(62)35(59)21(3)69-48)20(2)34-32(77-53)15-29-27-10-9-25-13-26(56)14-33(52(25,8)28(27)11-12-51(29,34)7)73-49-44(42(31(58)18-67-49)75-47-39(63)37(61)30(57)17-66-47)76-50-45(72-24(6)55)43(71-23(5)54)36(60)22(4)70-50/h9,20-22,26-50,56-65H,1,10-18H2,2-8H3. The van der Waals surface area contributed by atoms with Crippen LogP contribution in [0.3, 0.4) is 0 Å². The molecule has 31 unspecified atom stereocenters. The van der Waals surface area contributed by atoms with Crippen LogP contribution in [0, 0.1) is 40.4 Å². The molecule has 77 heavy (non-hydrogen) atoms. The number of carbonyl (C=O) groups is 2. The van der Waals surface area contributed by atoms with E-state index in [2.05, 4.69) is 26.5 Å². The Morgan fingerprint density at radius 2 is 1.31 bits per heavy atom. The van der Waals surface area contributed by atoms with E-state index in [-0.39, 0.29) is 54.1 Å². The second kappa shape index (κ2) is 21.7. The number of allylic oxidation sites excluding steroid dienone is 1. The normalized spacial score (nSPS) is 54.6. The first-order valence-electron chi connectivity index (χ1n) is 27.3. The van der Waals surface area contributed by atoms with Gasteiger partial charge in [-0.05, 0) is 80.6 Å². The molecule has 10 aliphatic rings. The second-order valence-corrected chi connectivity index (χ2v) is 24.0. The van der Waals surface area contributed by atoms with Crippen molar-refractivity contribution in [2.45, 2.75) is 234 Å². The van der Waals surface area contributed by atoms with Crippen molar-refractivity contribution in [3.05, 3.63) is 23.8 Å². The van der Waals surface area contributed by atoms with Crippen molar-refractivity contribution < 1.29 is 117 Å². The Bertz CT molecular complexity index is 2200. The summed E-state index contributed by atoms with van der Waals surface area (Å²) in [6.07, 6.45) is -25.4. The number of ether oxygens (including phenoxy) is 12. The molecule has 3 saturated carbocycles. The number of aliphatic hydroxyl groups is 10. The fraction of sp³-hybridized carbons (Fsp3) is 0.887. The largest absolute Gasteiger partial charge is 0.455 e. The zero-order valence-electron chi connectivity index (χ0n) is 44.5. The van der Waals surface area contributed by atoms with Crippen molar-refractivity contribution >= 4 is 11.9 Å². The van der Waals surface area contributed by atoms with Crippen LogP contribution in [0.1, 0.15) is 87.0 Å². The Labute approximate surface area is 446 Å². The highest BCUT2D eigenvalue weighted by atomic mass is 16.8. The fourth-order valence-electron chi connectivity index (χ4n) is 15.6. The fourth-order valence-corrected chi connectivity index (χ4v) is 15.6. The molecule has 0 aromatic heterocycles. The van der Waals surface area contributed by atoms with Crippen LogP contribution in [-0.2, 0) is 66.4 Å². The summed E-state index contributed by atoms with van der Waals surface area (Å²) in [4.78, 5) is 25.0. The molecule has 4 aliphatic carbocycles. The van der Waals surface area contributed by atoms with Crippen LogP contribution >= 0.6 is 0 Å². The molecule has 6 saturated heterocycles. The van der Waals surface area contributed by atoms with Crippen LogP contribution in [0.15, 0.2) is 23.8 Å². The highest BCUT2D eigenvalue weighted by Crippen LogP contribution is 2.71. The smallest absolute Gasteiger partial charge is 0.303 e. The van der Waals surface area contributed by atoms with Gasteiger partial charge in [-0.1, -0.05) is 39.0 Å². The van der Waals surface area contributed by atoms with E-state index < -0.39 is 171 Å². The Kier molecular flexibility index (Phi) is 16.3. The Balaban J connectivity index is 0.918. The summed E-state index contributed by atoms with van der Waals surface area (Å²) >= 11 is 0. The van der Waals surface area contributed by atoms with Crippen molar-refractivity contribution in [1.82, 2.24) is 0 Å². The van der Waals surface area contributed by atoms with Gasteiger partial charge in [0.15, 0.2) is 37.4 Å². The van der Waals surface area contributed by atoms with Gasteiger partial charge in [-0.3, -0.25) is 9.59 Å². The number of fused-ring (bicyclic) bond motifs is 7. The highest BCUT2D eigenvalue weighted by molar-refractivity contribution is 5.67. The first-order chi connectivity index (χ1) is 36.3. The predicted molar refractivity (Wildman–Crippen MR) is 257 cm³/mol. The van der Waals surface area contributed by atoms with E-state index in [1.54, 1.807) is 6.92 Å². The van der Waals surface area contributed by atoms with Crippen molar-refractivity contribution in [1.29, 1.82) is 0 Å². The van der Waals surface area contributed by atoms with E-state index in [1.165, 1.54) is 6.92 Å². The van der Waals surface area contributed by atoms with Gasteiger partial charge in [-0.15, -0.1) is 0 Å². The molecule has 24 nitrogen and oxygen atoms in total. The molecular formula is C53H80O24. The van der Waals surface area contributed by atoms with E-state index in [0.29, 0.717) is 24.8 Å². The highest BCUT2D eigenvalue weighted by Gasteiger charge is 2.72. The van der Waals surface area contributed by atoms with E-state index in [0.717, 1.165) is 32.3 Å². The minimum absolute atomic E-state index is 0.00174. The number of esters is 2. The summed E-state index contributed by atoms with van der Waals surface area (Å²) < 4.78 is 74.4. The van der Waals surface area contributed by atoms with E-state index in [9.17, 15) is 60.7 Å². The molecule has 436 valence electrons. The maximum Gasteiger partial charge on any atom is 0.303 e. The maximum atomic E-state index is 12.6. The molecule has 9 fully saturated rings. The average molecular weight is 1100 g/mol. The van der Waals surface area contributed by atoms with Gasteiger partial charge >= 0.3 is 11.9 Å². The van der Waals surface area contributed by atoms with Gasteiger partial charge in [-0.25, -0.2) is 0 Å². The average Bonchev–Trinajstić information content (AvgIpc) is 4.03. The lowest BCUT2D eigenvalue weighted by molar-refractivity contribution is -0.382. The van der Waals surface area contributed by atoms with Crippen LogP contribution in [0.2, 0.25) is 0 Å². The summed E-state index contributed by atoms with van der Waals surface area (Å²) in [5, 5.41) is 110. The minimum atomic E-state index is -1.79. The second-order valence-electron chi connectivity index (χ2n) is 24.0. The van der Waals surface area contributed by atoms with Crippen LogP contribution < -0.4 is 0 Å². The Morgan fingerprint density at radius 1 is 0.675 bits per heavy atom. The lowest BCUT2D eigenvalue weighted by atomic mass is 9.46.